The van der Waals surface area contributed by atoms with Crippen molar-refractivity contribution in [2.24, 2.45) is 51.8 Å². The summed E-state index contributed by atoms with van der Waals surface area (Å²) in [6.45, 7) is 5.33. The van der Waals surface area contributed by atoms with Crippen LogP contribution in [0, 0.1) is 11.3 Å². The first-order valence-electron chi connectivity index (χ1n) is 38.8. The molecule has 0 radical (unpaired) electrons. The Bertz CT molecular complexity index is 3980. The maximum absolute atomic E-state index is 14.5. The molecule has 49 nitrogen and oxygen atoms in total. The van der Waals surface area contributed by atoms with Crippen LogP contribution in [0.1, 0.15) is 129 Å². The molecule has 0 saturated heterocycles. The third kappa shape index (κ3) is 40.7. The van der Waals surface area contributed by atoms with E-state index in [4.69, 9.17) is 51.3 Å². The summed E-state index contributed by atoms with van der Waals surface area (Å²) in [5.74, 6) is -26.9. The summed E-state index contributed by atoms with van der Waals surface area (Å²) in [7, 11) is 0. The van der Waals surface area contributed by atoms with Crippen LogP contribution < -0.4 is 126 Å². The van der Waals surface area contributed by atoms with E-state index in [0.29, 0.717) is 17.7 Å². The molecule has 684 valence electrons. The average molecular weight is 1780 g/mol. The fourth-order valence-corrected chi connectivity index (χ4v) is 12.0. The number of unbranched alkanes of at least 4 members (excludes halogenated alkanes) is 2. The van der Waals surface area contributed by atoms with Crippen LogP contribution in [0.5, 0.6) is 0 Å². The number of rotatable bonds is 60. The molecule has 0 aliphatic rings. The van der Waals surface area contributed by atoms with E-state index in [2.05, 4.69) is 110 Å². The van der Waals surface area contributed by atoms with Crippen molar-refractivity contribution in [3.05, 3.63) is 54.1 Å². The van der Waals surface area contributed by atoms with Gasteiger partial charge in [0, 0.05) is 49.2 Å². The first kappa shape index (κ1) is 107. The van der Waals surface area contributed by atoms with Gasteiger partial charge in [-0.3, -0.25) is 96.5 Å². The standard InChI is InChI=1S/C72H116N26O23S2/c1-33(2)55(69(118)98-56(35(4)99)70(119)96-49(31-123)68(117)92-43(25-51(77)101)63(112)86-38(15-8-10-20-73)58(107)85-40(17-12-22-83-72(80)81)60(109)94-47(71(120)121)24-37-29-82-32-84-37)97-66(115)46(28-54(104)105)93-65(114)45(27-53(79)103)91-64(113)44(26-52(78)102)90-62(111)42(23-36-13-6-5-7-14-36)89-61(110)41(18-19-50(76)100)88-59(108)39(16-9-11-21-74)87-67(116)48(30-122)95-57(106)34(3)75/h5-7,13-14,29,32-35,38-49,55-56,99,122-123H,8-12,15-28,30-31,73-75H2,1-4H3,(H2,76,100)(H2,77,101)(H2,78,102)(H2,79,103)(H,82,84)(H,85,107)(H,86,112)(H,87,116)(H,88,108)(H,89,110)(H,90,111)(H,91,113)(H,92,117)(H,93,114)(H,94,109)(H,95,106)(H,96,119)(H,97,115)(H,98,118)(H,104,105)(H,120,121)(H4,80,81,83)/t34-,35+,38-,39-,40-,41-,42-,43-,44-,45-,46-,47-,48-,49-,55-,56-/m0/s1. The zero-order chi connectivity index (χ0) is 92.9. The highest BCUT2D eigenvalue weighted by molar-refractivity contribution is 7.80. The number of aromatic amines is 1. The number of carbonyl (C=O) groups excluding carboxylic acids is 18. The third-order valence-electron chi connectivity index (χ3n) is 18.1. The second-order valence-electron chi connectivity index (χ2n) is 28.8. The summed E-state index contributed by atoms with van der Waals surface area (Å²) in [5, 5.41) is 73.3. The molecule has 0 fully saturated rings. The monoisotopic (exact) mass is 1780 g/mol. The van der Waals surface area contributed by atoms with Gasteiger partial charge in [-0.15, -0.1) is 0 Å². The molecular formula is C72H116N26O23S2. The number of carbonyl (C=O) groups is 20. The largest absolute Gasteiger partial charge is 0.481 e. The van der Waals surface area contributed by atoms with Crippen molar-refractivity contribution in [3.8, 4) is 0 Å². The van der Waals surface area contributed by atoms with E-state index in [1.807, 2.05) is 5.32 Å². The van der Waals surface area contributed by atoms with Crippen LogP contribution in [-0.4, -0.2) is 277 Å². The minimum absolute atomic E-state index is 0.0169. The summed E-state index contributed by atoms with van der Waals surface area (Å²) < 4.78 is 0. The van der Waals surface area contributed by atoms with Gasteiger partial charge in [-0.25, -0.2) is 9.78 Å². The fraction of sp³-hybridized carbons (Fsp3) is 0.583. The smallest absolute Gasteiger partial charge is 0.326 e. The molecule has 18 amide bonds. The summed E-state index contributed by atoms with van der Waals surface area (Å²) in [5.41, 5.74) is 45.1. The van der Waals surface area contributed by atoms with Crippen LogP contribution in [0.4, 0.5) is 0 Å². The molecule has 36 N–H and O–H groups in total. The lowest BCUT2D eigenvalue weighted by atomic mass is 10.0. The molecule has 16 atom stereocenters. The van der Waals surface area contributed by atoms with E-state index >= 15 is 0 Å². The normalized spacial score (nSPS) is 14.9. The molecule has 0 unspecified atom stereocenters. The first-order valence-corrected chi connectivity index (χ1v) is 40.1. The molecule has 1 heterocycles. The number of benzene rings is 1. The van der Waals surface area contributed by atoms with Crippen LogP contribution in [0.25, 0.3) is 0 Å². The van der Waals surface area contributed by atoms with Crippen LogP contribution in [0.15, 0.2) is 42.9 Å². The molecule has 0 bridgehead atoms. The highest BCUT2D eigenvalue weighted by Gasteiger charge is 2.41. The number of carboxylic acids is 2. The Balaban J connectivity index is 2.49. The van der Waals surface area contributed by atoms with Gasteiger partial charge in [0.05, 0.1) is 44.2 Å². The van der Waals surface area contributed by atoms with E-state index in [-0.39, 0.29) is 76.8 Å². The van der Waals surface area contributed by atoms with Crippen LogP contribution in [-0.2, 0) is 109 Å². The first-order chi connectivity index (χ1) is 57.9. The number of nitrogens with two attached hydrogens (primary N) is 8. The third-order valence-corrected chi connectivity index (χ3v) is 18.8. The lowest BCUT2D eigenvalue weighted by molar-refractivity contribution is -0.142. The zero-order valence-corrected chi connectivity index (χ0v) is 70.0. The Hall–Kier alpha value is -12.4. The van der Waals surface area contributed by atoms with Gasteiger partial charge < -0.3 is 146 Å². The van der Waals surface area contributed by atoms with Gasteiger partial charge >= 0.3 is 11.9 Å². The van der Waals surface area contributed by atoms with Crippen LogP contribution in [0.2, 0.25) is 0 Å². The second kappa shape index (κ2) is 55.5. The van der Waals surface area contributed by atoms with E-state index in [0.717, 1.165) is 6.92 Å². The Labute approximate surface area is 716 Å². The number of H-pyrrole nitrogens is 1. The van der Waals surface area contributed by atoms with Gasteiger partial charge in [0.15, 0.2) is 5.96 Å². The SMILES string of the molecule is CC(C)[C@H](NC(=O)[C@H](CC(=O)O)NC(=O)[C@H](CC(N)=O)NC(=O)[C@H](CC(N)=O)NC(=O)[C@H](Cc1ccccc1)NC(=O)[C@H](CCC(N)=O)NC(=O)[C@H](CCCCN)NC(=O)[C@H](CS)NC(=O)[C@H](C)N)C(=O)N[C@H](C(=O)N[C@@H](CS)C(=O)N[C@@H](CC(N)=O)C(=O)N[C@@H](CCCCN)C(=O)N[C@@H](CCCNC(=N)N)C(=O)N[C@@H](Cc1cnc[nH]1)C(=O)O)[C@@H](C)O. The lowest BCUT2D eigenvalue weighted by Crippen LogP contribution is -2.63. The maximum atomic E-state index is 14.5. The topological polar surface area (TPSA) is 843 Å². The number of guanidine groups is 1. The van der Waals surface area contributed by atoms with Gasteiger partial charge in [0.25, 0.3) is 0 Å². The number of imidazole rings is 1. The molecule has 1 aromatic heterocycles. The molecule has 1 aromatic carbocycles. The highest BCUT2D eigenvalue weighted by atomic mass is 32.1. The number of nitrogens with one attached hydrogen (secondary N) is 17. The zero-order valence-electron chi connectivity index (χ0n) is 68.2. The molecule has 0 saturated carbocycles. The number of aliphatic carboxylic acids is 2. The Morgan fingerprint density at radius 3 is 1.13 bits per heavy atom. The summed E-state index contributed by atoms with van der Waals surface area (Å²) in [6, 6.07) is -18.3. The van der Waals surface area contributed by atoms with Gasteiger partial charge in [-0.05, 0) is 96.2 Å². The summed E-state index contributed by atoms with van der Waals surface area (Å²) in [6.07, 6.45) is -4.83. The number of hydrogen-bond acceptors (Lipinski definition) is 28. The average Bonchev–Trinajstić information content (AvgIpc) is 1.74. The molecule has 123 heavy (non-hydrogen) atoms. The van der Waals surface area contributed by atoms with Crippen molar-refractivity contribution in [2.45, 2.75) is 227 Å². The summed E-state index contributed by atoms with van der Waals surface area (Å²) >= 11 is 8.27. The molecule has 2 aromatic rings. The molecule has 51 heteroatoms. The van der Waals surface area contributed by atoms with Crippen molar-refractivity contribution in [1.29, 1.82) is 5.41 Å². The van der Waals surface area contributed by atoms with Crippen molar-refractivity contribution < 1.29 is 111 Å². The van der Waals surface area contributed by atoms with Crippen molar-refractivity contribution in [2.75, 3.05) is 31.1 Å². The van der Waals surface area contributed by atoms with E-state index < -0.39 is 278 Å². The molecule has 2 rings (SSSR count). The van der Waals surface area contributed by atoms with Crippen molar-refractivity contribution in [3.63, 3.8) is 0 Å². The number of thiol groups is 2. The lowest BCUT2D eigenvalue weighted by Gasteiger charge is -2.29. The Morgan fingerprint density at radius 1 is 0.415 bits per heavy atom. The Kier molecular flexibility index (Phi) is 48.2. The van der Waals surface area contributed by atoms with Crippen LogP contribution >= 0.6 is 25.3 Å². The molecule has 0 spiro atoms. The number of hydrogen-bond donors (Lipinski definition) is 30. The van der Waals surface area contributed by atoms with E-state index in [1.54, 1.807) is 18.2 Å². The maximum Gasteiger partial charge on any atom is 0.326 e. The number of aliphatic hydroxyl groups is 1. The van der Waals surface area contributed by atoms with Crippen molar-refractivity contribution in [1.82, 2.24) is 89.7 Å². The van der Waals surface area contributed by atoms with Gasteiger partial charge in [0.2, 0.25) is 106 Å². The Morgan fingerprint density at radius 2 is 0.764 bits per heavy atom. The number of carboxylic acid groups (broad SMARTS) is 2. The van der Waals surface area contributed by atoms with Gasteiger partial charge in [-0.2, -0.15) is 25.3 Å². The summed E-state index contributed by atoms with van der Waals surface area (Å²) in [4.78, 5) is 277. The number of aliphatic hydroxyl groups excluding tert-OH is 1. The molecule has 0 aliphatic carbocycles. The number of primary amides is 4. The second-order valence-corrected chi connectivity index (χ2v) is 29.6. The minimum atomic E-state index is -2.24. The quantitative estimate of drug-likeness (QED) is 0.0127. The minimum Gasteiger partial charge on any atom is -0.481 e. The van der Waals surface area contributed by atoms with Gasteiger partial charge in [-0.1, -0.05) is 44.2 Å². The van der Waals surface area contributed by atoms with Crippen LogP contribution in [0.3, 0.4) is 0 Å². The highest BCUT2D eigenvalue weighted by Crippen LogP contribution is 2.14. The molecular weight excluding hydrogens is 1660 g/mol. The molecule has 0 aliphatic heterocycles. The van der Waals surface area contributed by atoms with E-state index in [9.17, 15) is 111 Å². The number of nitrogens with zero attached hydrogens (tertiary/aromatic N) is 1. The predicted octanol–water partition coefficient (Wildman–Crippen LogP) is -11.8. The number of aromatic nitrogens is 2. The predicted molar refractivity (Wildman–Crippen MR) is 442 cm³/mol. The van der Waals surface area contributed by atoms with Crippen molar-refractivity contribution >= 4 is 149 Å². The van der Waals surface area contributed by atoms with Gasteiger partial charge in [0.1, 0.15) is 84.6 Å². The van der Waals surface area contributed by atoms with E-state index in [1.165, 1.54) is 45.4 Å². The number of amides is 18. The fourth-order valence-electron chi connectivity index (χ4n) is 11.5.